The van der Waals surface area contributed by atoms with E-state index in [0.29, 0.717) is 30.1 Å². The molecule has 2 heterocycles. The Morgan fingerprint density at radius 3 is 2.48 bits per heavy atom. The first-order valence-corrected chi connectivity index (χ1v) is 10.0. The standard InChI is InChI=1S/C24H25F3NO/c1-15(2)23(3)11-10-19(24(25,26)27)18(14-23)16-6-8-17(9-7-16)22-13-20-21(29-22)5-4-12-28-20/h4-10,12-13,15,18-19H,11,14H2,1-3H3. The molecule has 2 nitrogen and oxygen atoms in total. The van der Waals surface area contributed by atoms with Crippen molar-refractivity contribution in [3.05, 3.63) is 60.6 Å². The van der Waals surface area contributed by atoms with Crippen molar-refractivity contribution in [1.29, 1.82) is 0 Å². The summed E-state index contributed by atoms with van der Waals surface area (Å²) in [5, 5.41) is 0. The molecule has 1 fully saturated rings. The maximum atomic E-state index is 13.7. The second-order valence-electron chi connectivity index (χ2n) is 8.75. The third kappa shape index (κ3) is 3.79. The number of pyridine rings is 1. The van der Waals surface area contributed by atoms with E-state index in [1.165, 1.54) is 6.42 Å². The van der Waals surface area contributed by atoms with E-state index >= 15 is 0 Å². The summed E-state index contributed by atoms with van der Waals surface area (Å²) in [6.07, 6.45) is -0.0129. The van der Waals surface area contributed by atoms with Gasteiger partial charge in [0.2, 0.25) is 0 Å². The molecule has 0 amide bonds. The number of halogens is 3. The maximum absolute atomic E-state index is 13.7. The predicted molar refractivity (Wildman–Crippen MR) is 108 cm³/mol. The van der Waals surface area contributed by atoms with Gasteiger partial charge in [-0.2, -0.15) is 13.2 Å². The fourth-order valence-electron chi connectivity index (χ4n) is 4.34. The van der Waals surface area contributed by atoms with Gasteiger partial charge in [0.25, 0.3) is 0 Å². The molecule has 1 radical (unpaired) electrons. The Kier molecular flexibility index (Phi) is 4.96. The zero-order chi connectivity index (χ0) is 20.8. The van der Waals surface area contributed by atoms with Gasteiger partial charge in [0, 0.05) is 17.8 Å². The Morgan fingerprint density at radius 2 is 1.86 bits per heavy atom. The van der Waals surface area contributed by atoms with E-state index in [1.807, 2.05) is 36.4 Å². The summed E-state index contributed by atoms with van der Waals surface area (Å²) in [6, 6.07) is 12.8. The first-order valence-electron chi connectivity index (χ1n) is 10.0. The van der Waals surface area contributed by atoms with Crippen LogP contribution in [-0.4, -0.2) is 11.2 Å². The minimum absolute atomic E-state index is 0.129. The van der Waals surface area contributed by atoms with Crippen molar-refractivity contribution in [1.82, 2.24) is 4.98 Å². The number of aromatic nitrogens is 1. The summed E-state index contributed by atoms with van der Waals surface area (Å²) in [6.45, 7) is 6.29. The van der Waals surface area contributed by atoms with Gasteiger partial charge in [0.05, 0.1) is 5.92 Å². The Labute approximate surface area is 169 Å². The molecule has 0 bridgehead atoms. The second-order valence-corrected chi connectivity index (χ2v) is 8.75. The van der Waals surface area contributed by atoms with Gasteiger partial charge in [0.1, 0.15) is 11.3 Å². The molecule has 4 rings (SSSR count). The molecule has 3 aromatic rings. The van der Waals surface area contributed by atoms with Crippen LogP contribution in [0.4, 0.5) is 13.2 Å². The Bertz CT molecular complexity index is 956. The van der Waals surface area contributed by atoms with Gasteiger partial charge in [-0.3, -0.25) is 4.98 Å². The quantitative estimate of drug-likeness (QED) is 0.457. The summed E-state index contributed by atoms with van der Waals surface area (Å²) >= 11 is 0. The molecule has 2 aromatic heterocycles. The van der Waals surface area contributed by atoms with E-state index in [9.17, 15) is 13.2 Å². The van der Waals surface area contributed by atoms with Gasteiger partial charge >= 0.3 is 6.18 Å². The van der Waals surface area contributed by atoms with Crippen LogP contribution < -0.4 is 0 Å². The fraction of sp³-hybridized carbons (Fsp3) is 0.417. The minimum Gasteiger partial charge on any atom is -0.454 e. The van der Waals surface area contributed by atoms with Crippen molar-refractivity contribution in [2.24, 2.45) is 17.3 Å². The average molecular weight is 400 g/mol. The van der Waals surface area contributed by atoms with Crippen molar-refractivity contribution in [2.45, 2.75) is 45.7 Å². The number of rotatable bonds is 3. The lowest BCUT2D eigenvalue weighted by Crippen LogP contribution is -2.40. The lowest BCUT2D eigenvalue weighted by molar-refractivity contribution is -0.180. The highest BCUT2D eigenvalue weighted by atomic mass is 19.4. The van der Waals surface area contributed by atoms with Gasteiger partial charge in [-0.1, -0.05) is 45.0 Å². The number of hydrogen-bond acceptors (Lipinski definition) is 2. The third-order valence-electron chi connectivity index (χ3n) is 6.64. The second kappa shape index (κ2) is 7.19. The Morgan fingerprint density at radius 1 is 1.14 bits per heavy atom. The van der Waals surface area contributed by atoms with Crippen molar-refractivity contribution in [3.8, 4) is 11.3 Å². The number of benzene rings is 1. The molecule has 3 atom stereocenters. The van der Waals surface area contributed by atoms with Crippen LogP contribution in [0, 0.1) is 23.7 Å². The van der Waals surface area contributed by atoms with E-state index in [0.717, 1.165) is 16.6 Å². The predicted octanol–water partition coefficient (Wildman–Crippen LogP) is 7.42. The van der Waals surface area contributed by atoms with Crippen molar-refractivity contribution in [2.75, 3.05) is 0 Å². The van der Waals surface area contributed by atoms with Crippen LogP contribution in [0.5, 0.6) is 0 Å². The van der Waals surface area contributed by atoms with Gasteiger partial charge in [-0.25, -0.2) is 0 Å². The highest BCUT2D eigenvalue weighted by Gasteiger charge is 2.51. The largest absolute Gasteiger partial charge is 0.454 e. The summed E-state index contributed by atoms with van der Waals surface area (Å²) in [5.41, 5.74) is 2.89. The summed E-state index contributed by atoms with van der Waals surface area (Å²) in [5.74, 6) is -0.990. The number of hydrogen-bond donors (Lipinski definition) is 0. The summed E-state index contributed by atoms with van der Waals surface area (Å²) < 4.78 is 47.0. The minimum atomic E-state index is -4.23. The zero-order valence-electron chi connectivity index (χ0n) is 16.8. The van der Waals surface area contributed by atoms with Crippen molar-refractivity contribution >= 4 is 11.1 Å². The summed E-state index contributed by atoms with van der Waals surface area (Å²) in [7, 11) is 0. The lowest BCUT2D eigenvalue weighted by atomic mass is 9.60. The van der Waals surface area contributed by atoms with E-state index in [2.05, 4.69) is 25.8 Å². The number of furan rings is 1. The SMILES string of the molecule is CC(C)C1(C)C[CH]C(C(F)(F)F)C(c2ccc(-c3cc4ncccc4o3)cc2)C1. The molecule has 5 heteroatoms. The van der Waals surface area contributed by atoms with Crippen LogP contribution >= 0.6 is 0 Å². The highest BCUT2D eigenvalue weighted by molar-refractivity contribution is 5.78. The van der Waals surface area contributed by atoms with Crippen molar-refractivity contribution in [3.63, 3.8) is 0 Å². The van der Waals surface area contributed by atoms with Crippen LogP contribution in [0.25, 0.3) is 22.4 Å². The number of fused-ring (bicyclic) bond motifs is 1. The molecule has 0 saturated heterocycles. The molecule has 0 spiro atoms. The van der Waals surface area contributed by atoms with Crippen LogP contribution in [0.1, 0.15) is 45.1 Å². The lowest BCUT2D eigenvalue weighted by Gasteiger charge is -2.45. The van der Waals surface area contributed by atoms with Crippen LogP contribution in [0.2, 0.25) is 0 Å². The fourth-order valence-corrected chi connectivity index (χ4v) is 4.34. The molecule has 1 aliphatic rings. The molecule has 1 aliphatic carbocycles. The topological polar surface area (TPSA) is 26.0 Å². The van der Waals surface area contributed by atoms with E-state index in [4.69, 9.17) is 4.42 Å². The highest BCUT2D eigenvalue weighted by Crippen LogP contribution is 2.54. The molecule has 29 heavy (non-hydrogen) atoms. The smallest absolute Gasteiger partial charge is 0.392 e. The molecule has 1 saturated carbocycles. The van der Waals surface area contributed by atoms with E-state index in [-0.39, 0.29) is 5.41 Å². The summed E-state index contributed by atoms with van der Waals surface area (Å²) in [4.78, 5) is 4.26. The van der Waals surface area contributed by atoms with E-state index < -0.39 is 18.0 Å². The van der Waals surface area contributed by atoms with Gasteiger partial charge in [0.15, 0.2) is 5.58 Å². The number of alkyl halides is 3. The normalized spacial score (nSPS) is 25.6. The van der Waals surface area contributed by atoms with Crippen molar-refractivity contribution < 1.29 is 17.6 Å². The van der Waals surface area contributed by atoms with Gasteiger partial charge in [-0.15, -0.1) is 0 Å². The first kappa shape index (κ1) is 20.0. The molecule has 1 aromatic carbocycles. The van der Waals surface area contributed by atoms with Crippen LogP contribution in [0.3, 0.4) is 0 Å². The van der Waals surface area contributed by atoms with Gasteiger partial charge in [-0.05, 0) is 54.2 Å². The first-order chi connectivity index (χ1) is 13.7. The molecule has 0 N–H and O–H groups in total. The molecular weight excluding hydrogens is 375 g/mol. The molecule has 153 valence electrons. The monoisotopic (exact) mass is 400 g/mol. The molecular formula is C24H25F3NO. The Hall–Kier alpha value is -2.30. The van der Waals surface area contributed by atoms with E-state index in [1.54, 1.807) is 12.3 Å². The van der Waals surface area contributed by atoms with Gasteiger partial charge < -0.3 is 4.42 Å². The zero-order valence-corrected chi connectivity index (χ0v) is 16.8. The maximum Gasteiger partial charge on any atom is 0.392 e. The third-order valence-corrected chi connectivity index (χ3v) is 6.64. The average Bonchev–Trinajstić information content (AvgIpc) is 3.11. The van der Waals surface area contributed by atoms with Crippen LogP contribution in [0.15, 0.2) is 53.1 Å². The Balaban J connectivity index is 1.66. The number of nitrogens with zero attached hydrogens (tertiary/aromatic N) is 1. The molecule has 3 unspecified atom stereocenters. The molecule has 0 aliphatic heterocycles. The van der Waals surface area contributed by atoms with Crippen LogP contribution in [-0.2, 0) is 0 Å².